The first-order chi connectivity index (χ1) is 8.18. The zero-order valence-corrected chi connectivity index (χ0v) is 12.8. The van der Waals surface area contributed by atoms with Gasteiger partial charge in [-0.1, -0.05) is 12.8 Å². The summed E-state index contributed by atoms with van der Waals surface area (Å²) in [7, 11) is 0. The van der Waals surface area contributed by atoms with E-state index in [0.29, 0.717) is 24.3 Å². The van der Waals surface area contributed by atoms with E-state index in [-0.39, 0.29) is 18.4 Å². The van der Waals surface area contributed by atoms with Gasteiger partial charge in [0.25, 0.3) is 0 Å². The van der Waals surface area contributed by atoms with Gasteiger partial charge >= 0.3 is 0 Å². The standard InChI is InChI=1S/C13H24N2OS.ClH/c1-10-9-17-7-6-15(10)13(16)8-11-4-2-3-5-12(11)14;/h10-12H,2-9,14H2,1H3;1H. The average Bonchev–Trinajstić information content (AvgIpc) is 2.32. The van der Waals surface area contributed by atoms with Crippen LogP contribution in [-0.2, 0) is 4.79 Å². The number of amides is 1. The molecule has 2 aliphatic rings. The van der Waals surface area contributed by atoms with Crippen molar-refractivity contribution in [2.75, 3.05) is 18.1 Å². The average molecular weight is 293 g/mol. The number of hydrogen-bond acceptors (Lipinski definition) is 3. The van der Waals surface area contributed by atoms with E-state index in [2.05, 4.69) is 11.8 Å². The zero-order chi connectivity index (χ0) is 12.3. The van der Waals surface area contributed by atoms with E-state index in [0.717, 1.165) is 30.9 Å². The van der Waals surface area contributed by atoms with Crippen molar-refractivity contribution in [2.45, 2.75) is 51.1 Å². The Labute approximate surface area is 121 Å². The predicted molar refractivity (Wildman–Crippen MR) is 80.3 cm³/mol. The molecule has 3 unspecified atom stereocenters. The van der Waals surface area contributed by atoms with Crippen LogP contribution in [0.5, 0.6) is 0 Å². The van der Waals surface area contributed by atoms with E-state index in [4.69, 9.17) is 5.73 Å². The van der Waals surface area contributed by atoms with Crippen LogP contribution in [-0.4, -0.2) is 40.9 Å². The molecule has 1 amide bonds. The molecule has 5 heteroatoms. The summed E-state index contributed by atoms with van der Waals surface area (Å²) in [5, 5.41) is 0. The van der Waals surface area contributed by atoms with E-state index >= 15 is 0 Å². The van der Waals surface area contributed by atoms with Gasteiger partial charge in [-0.3, -0.25) is 4.79 Å². The molecular weight excluding hydrogens is 268 g/mol. The van der Waals surface area contributed by atoms with Crippen molar-refractivity contribution >= 4 is 30.1 Å². The fourth-order valence-corrected chi connectivity index (χ4v) is 3.94. The van der Waals surface area contributed by atoms with E-state index in [1.807, 2.05) is 11.8 Å². The molecule has 3 nitrogen and oxygen atoms in total. The van der Waals surface area contributed by atoms with Crippen LogP contribution in [0.2, 0.25) is 0 Å². The van der Waals surface area contributed by atoms with Crippen molar-refractivity contribution in [1.82, 2.24) is 4.90 Å². The molecule has 1 heterocycles. The summed E-state index contributed by atoms with van der Waals surface area (Å²) in [6, 6.07) is 0.656. The van der Waals surface area contributed by atoms with Crippen LogP contribution in [0.1, 0.15) is 39.0 Å². The van der Waals surface area contributed by atoms with Crippen LogP contribution in [0.15, 0.2) is 0 Å². The minimum atomic E-state index is 0. The van der Waals surface area contributed by atoms with E-state index in [1.54, 1.807) is 0 Å². The third kappa shape index (κ3) is 4.04. The Kier molecular flexibility index (Phi) is 6.82. The monoisotopic (exact) mass is 292 g/mol. The van der Waals surface area contributed by atoms with Gasteiger partial charge in [0.05, 0.1) is 0 Å². The van der Waals surface area contributed by atoms with Gasteiger partial charge in [0.1, 0.15) is 0 Å². The van der Waals surface area contributed by atoms with Gasteiger partial charge in [0, 0.05) is 36.6 Å². The Hall–Kier alpha value is 0.0700. The highest BCUT2D eigenvalue weighted by Gasteiger charge is 2.29. The minimum absolute atomic E-state index is 0. The molecule has 1 aliphatic carbocycles. The molecule has 106 valence electrons. The van der Waals surface area contributed by atoms with Crippen molar-refractivity contribution in [3.05, 3.63) is 0 Å². The Morgan fingerprint density at radius 2 is 2.11 bits per heavy atom. The first kappa shape index (κ1) is 16.1. The zero-order valence-electron chi connectivity index (χ0n) is 11.1. The summed E-state index contributed by atoms with van der Waals surface area (Å²) in [6.07, 6.45) is 5.41. The second-order valence-corrected chi connectivity index (χ2v) is 6.57. The van der Waals surface area contributed by atoms with Gasteiger partial charge in [-0.2, -0.15) is 11.8 Å². The molecule has 2 fully saturated rings. The molecule has 0 radical (unpaired) electrons. The predicted octanol–water partition coefficient (Wildman–Crippen LogP) is 2.28. The Bertz CT molecular complexity index is 278. The molecule has 0 aromatic rings. The molecule has 0 spiro atoms. The lowest BCUT2D eigenvalue weighted by atomic mass is 9.82. The number of carbonyl (C=O) groups excluding carboxylic acids is 1. The third-order valence-corrected chi connectivity index (χ3v) is 5.28. The second kappa shape index (κ2) is 7.61. The van der Waals surface area contributed by atoms with Crippen LogP contribution < -0.4 is 5.73 Å². The molecule has 18 heavy (non-hydrogen) atoms. The second-order valence-electron chi connectivity index (χ2n) is 5.42. The van der Waals surface area contributed by atoms with E-state index in [9.17, 15) is 4.79 Å². The quantitative estimate of drug-likeness (QED) is 0.849. The van der Waals surface area contributed by atoms with Crippen LogP contribution in [0.25, 0.3) is 0 Å². The summed E-state index contributed by atoms with van der Waals surface area (Å²) >= 11 is 1.95. The molecule has 0 aromatic heterocycles. The molecule has 0 bridgehead atoms. The highest BCUT2D eigenvalue weighted by molar-refractivity contribution is 7.99. The van der Waals surface area contributed by atoms with Gasteiger partial charge in [-0.15, -0.1) is 12.4 Å². The van der Waals surface area contributed by atoms with Gasteiger partial charge in [0.2, 0.25) is 5.91 Å². The minimum Gasteiger partial charge on any atom is -0.338 e. The smallest absolute Gasteiger partial charge is 0.223 e. The lowest BCUT2D eigenvalue weighted by Gasteiger charge is -2.35. The van der Waals surface area contributed by atoms with Crippen molar-refractivity contribution in [3.63, 3.8) is 0 Å². The summed E-state index contributed by atoms with van der Waals surface area (Å²) < 4.78 is 0. The van der Waals surface area contributed by atoms with Crippen molar-refractivity contribution < 1.29 is 4.79 Å². The molecule has 0 aromatic carbocycles. The van der Waals surface area contributed by atoms with Gasteiger partial charge in [0.15, 0.2) is 0 Å². The summed E-state index contributed by atoms with van der Waals surface area (Å²) in [5.41, 5.74) is 6.12. The van der Waals surface area contributed by atoms with Crippen LogP contribution in [0, 0.1) is 5.92 Å². The molecule has 2 rings (SSSR count). The van der Waals surface area contributed by atoms with Crippen LogP contribution in [0.3, 0.4) is 0 Å². The normalized spacial score (nSPS) is 32.8. The SMILES string of the molecule is CC1CSCCN1C(=O)CC1CCCCC1N.Cl. The Balaban J connectivity index is 0.00000162. The van der Waals surface area contributed by atoms with Crippen LogP contribution >= 0.6 is 24.2 Å². The number of thioether (sulfide) groups is 1. The molecule has 1 saturated carbocycles. The van der Waals surface area contributed by atoms with Gasteiger partial charge in [-0.05, 0) is 25.7 Å². The summed E-state index contributed by atoms with van der Waals surface area (Å²) in [4.78, 5) is 14.4. The molecular formula is C13H25ClN2OS. The third-order valence-electron chi connectivity index (χ3n) is 4.09. The number of hydrogen-bond donors (Lipinski definition) is 1. The van der Waals surface area contributed by atoms with E-state index < -0.39 is 0 Å². The first-order valence-electron chi connectivity index (χ1n) is 6.81. The van der Waals surface area contributed by atoms with Gasteiger partial charge < -0.3 is 10.6 Å². The Morgan fingerprint density at radius 3 is 2.78 bits per heavy atom. The maximum absolute atomic E-state index is 12.3. The highest BCUT2D eigenvalue weighted by atomic mass is 35.5. The van der Waals surface area contributed by atoms with Crippen molar-refractivity contribution in [2.24, 2.45) is 11.7 Å². The van der Waals surface area contributed by atoms with Crippen molar-refractivity contribution in [3.8, 4) is 0 Å². The number of nitrogens with two attached hydrogens (primary N) is 1. The first-order valence-corrected chi connectivity index (χ1v) is 7.96. The van der Waals surface area contributed by atoms with Crippen LogP contribution in [0.4, 0.5) is 0 Å². The number of halogens is 1. The molecule has 3 atom stereocenters. The largest absolute Gasteiger partial charge is 0.338 e. The number of carbonyl (C=O) groups is 1. The molecule has 1 aliphatic heterocycles. The lowest BCUT2D eigenvalue weighted by Crippen LogP contribution is -2.46. The topological polar surface area (TPSA) is 46.3 Å². The summed E-state index contributed by atoms with van der Waals surface area (Å²) in [6.45, 7) is 3.08. The lowest BCUT2D eigenvalue weighted by molar-refractivity contribution is -0.134. The van der Waals surface area contributed by atoms with E-state index in [1.165, 1.54) is 12.8 Å². The maximum Gasteiger partial charge on any atom is 0.223 e. The number of nitrogens with zero attached hydrogens (tertiary/aromatic N) is 1. The highest BCUT2D eigenvalue weighted by Crippen LogP contribution is 2.27. The van der Waals surface area contributed by atoms with Gasteiger partial charge in [-0.25, -0.2) is 0 Å². The molecule has 1 saturated heterocycles. The summed E-state index contributed by atoms with van der Waals surface area (Å²) in [5.74, 6) is 2.94. The maximum atomic E-state index is 12.3. The number of rotatable bonds is 2. The fourth-order valence-electron chi connectivity index (χ4n) is 2.93. The molecule has 2 N–H and O–H groups in total. The Morgan fingerprint density at radius 1 is 1.39 bits per heavy atom. The fraction of sp³-hybridized carbons (Fsp3) is 0.923. The van der Waals surface area contributed by atoms with Crippen molar-refractivity contribution in [1.29, 1.82) is 0 Å².